The van der Waals surface area contributed by atoms with Crippen LogP contribution in [0.1, 0.15) is 44.7 Å². The molecule has 2 heterocycles. The number of fused-ring (bicyclic) bond motifs is 5. The standard InChI is InChI=1S/C28H19F2NO3/c1-15(32)25-24(20-8-4-5-9-21(20)30)28(26(33)18-6-2-3-7-19(18)27(28)34)23-13-10-16-14-17(29)11-12-22(16)31(23)25/h2-14,23-25H,1H3. The van der Waals surface area contributed by atoms with Crippen LogP contribution in [-0.4, -0.2) is 29.4 Å². The molecule has 0 aromatic heterocycles. The summed E-state index contributed by atoms with van der Waals surface area (Å²) in [5.74, 6) is -3.24. The van der Waals surface area contributed by atoms with Crippen LogP contribution in [-0.2, 0) is 4.79 Å². The monoisotopic (exact) mass is 455 g/mol. The molecule has 2 aliphatic heterocycles. The second-order valence-electron chi connectivity index (χ2n) is 9.04. The van der Waals surface area contributed by atoms with Crippen LogP contribution in [0.25, 0.3) is 6.08 Å². The van der Waals surface area contributed by atoms with Gasteiger partial charge in [-0.2, -0.15) is 0 Å². The minimum absolute atomic E-state index is 0.142. The third kappa shape index (κ3) is 2.43. The second-order valence-corrected chi connectivity index (χ2v) is 9.04. The molecular formula is C28H19F2NO3. The molecule has 168 valence electrons. The quantitative estimate of drug-likeness (QED) is 0.511. The SMILES string of the molecule is CC(=O)C1C(c2ccccc2F)C2(C(=O)c3ccccc3C2=O)C2C=Cc3cc(F)ccc3N12. The fourth-order valence-electron chi connectivity index (χ4n) is 6.17. The lowest BCUT2D eigenvalue weighted by Gasteiger charge is -2.37. The van der Waals surface area contributed by atoms with E-state index in [0.717, 1.165) is 0 Å². The van der Waals surface area contributed by atoms with Crippen LogP contribution in [0.5, 0.6) is 0 Å². The predicted octanol–water partition coefficient (Wildman–Crippen LogP) is 4.99. The number of carbonyl (C=O) groups is 3. The number of halogens is 2. The lowest BCUT2D eigenvalue weighted by atomic mass is 9.64. The summed E-state index contributed by atoms with van der Waals surface area (Å²) in [4.78, 5) is 43.2. The minimum atomic E-state index is -1.73. The van der Waals surface area contributed by atoms with Gasteiger partial charge in [-0.05, 0) is 36.8 Å². The van der Waals surface area contributed by atoms with E-state index in [-0.39, 0.29) is 22.5 Å². The molecule has 4 nitrogen and oxygen atoms in total. The topological polar surface area (TPSA) is 54.5 Å². The van der Waals surface area contributed by atoms with Gasteiger partial charge in [-0.3, -0.25) is 14.4 Å². The Morgan fingerprint density at radius 2 is 1.56 bits per heavy atom. The summed E-state index contributed by atoms with van der Waals surface area (Å²) in [5, 5.41) is 0. The van der Waals surface area contributed by atoms with Crippen LogP contribution in [0, 0.1) is 17.0 Å². The number of hydrogen-bond donors (Lipinski definition) is 0. The van der Waals surface area contributed by atoms with Crippen LogP contribution in [0.3, 0.4) is 0 Å². The van der Waals surface area contributed by atoms with Crippen molar-refractivity contribution in [3.05, 3.63) is 107 Å². The van der Waals surface area contributed by atoms with Crippen LogP contribution < -0.4 is 4.90 Å². The molecule has 3 aliphatic rings. The van der Waals surface area contributed by atoms with Crippen LogP contribution in [0.15, 0.2) is 72.8 Å². The first-order chi connectivity index (χ1) is 16.4. The minimum Gasteiger partial charge on any atom is -0.352 e. The molecule has 3 aromatic rings. The summed E-state index contributed by atoms with van der Waals surface area (Å²) in [5.41, 5.74) is 0.0208. The zero-order chi connectivity index (χ0) is 23.8. The van der Waals surface area contributed by atoms with Crippen molar-refractivity contribution in [2.75, 3.05) is 4.90 Å². The van der Waals surface area contributed by atoms with Crippen molar-refractivity contribution in [3.8, 4) is 0 Å². The molecule has 6 heteroatoms. The van der Waals surface area contributed by atoms with Crippen LogP contribution >= 0.6 is 0 Å². The van der Waals surface area contributed by atoms with Gasteiger partial charge in [0.1, 0.15) is 17.0 Å². The highest BCUT2D eigenvalue weighted by molar-refractivity contribution is 6.32. The second kappa shape index (κ2) is 7.03. The van der Waals surface area contributed by atoms with E-state index in [2.05, 4.69) is 0 Å². The van der Waals surface area contributed by atoms with Gasteiger partial charge in [0.05, 0.1) is 12.1 Å². The van der Waals surface area contributed by atoms with Gasteiger partial charge in [-0.25, -0.2) is 8.78 Å². The van der Waals surface area contributed by atoms with Crippen LogP contribution in [0.2, 0.25) is 0 Å². The van der Waals surface area contributed by atoms with Crippen molar-refractivity contribution in [3.63, 3.8) is 0 Å². The number of nitrogens with zero attached hydrogens (tertiary/aromatic N) is 1. The van der Waals surface area contributed by atoms with Crippen LogP contribution in [0.4, 0.5) is 14.5 Å². The molecule has 1 fully saturated rings. The van der Waals surface area contributed by atoms with Crippen molar-refractivity contribution in [1.82, 2.24) is 0 Å². The van der Waals surface area contributed by atoms with Gasteiger partial charge >= 0.3 is 0 Å². The van der Waals surface area contributed by atoms with Gasteiger partial charge in [-0.1, -0.05) is 54.6 Å². The molecule has 1 spiro atoms. The summed E-state index contributed by atoms with van der Waals surface area (Å²) >= 11 is 0. The Morgan fingerprint density at radius 1 is 0.912 bits per heavy atom. The molecule has 3 unspecified atom stereocenters. The maximum Gasteiger partial charge on any atom is 0.180 e. The summed E-state index contributed by atoms with van der Waals surface area (Å²) in [6, 6.07) is 14.9. The first-order valence-electron chi connectivity index (χ1n) is 11.1. The van der Waals surface area contributed by atoms with Crippen molar-refractivity contribution in [1.29, 1.82) is 0 Å². The molecule has 3 aromatic carbocycles. The number of benzene rings is 3. The lowest BCUT2D eigenvalue weighted by Crippen LogP contribution is -2.48. The van der Waals surface area contributed by atoms with Gasteiger partial charge < -0.3 is 4.90 Å². The number of Topliss-reactive ketones (excluding diaryl/α,β-unsaturated/α-hetero) is 3. The Bertz CT molecular complexity index is 1410. The van der Waals surface area contributed by atoms with E-state index in [9.17, 15) is 18.8 Å². The molecule has 1 saturated heterocycles. The van der Waals surface area contributed by atoms with E-state index in [1.54, 1.807) is 53.5 Å². The van der Waals surface area contributed by atoms with E-state index >= 15 is 4.39 Å². The third-order valence-corrected chi connectivity index (χ3v) is 7.42. The highest BCUT2D eigenvalue weighted by Gasteiger charge is 2.71. The van der Waals surface area contributed by atoms with Crippen molar-refractivity contribution >= 4 is 29.1 Å². The van der Waals surface area contributed by atoms with Gasteiger partial charge in [0, 0.05) is 28.3 Å². The molecule has 0 radical (unpaired) electrons. The first kappa shape index (κ1) is 20.7. The largest absolute Gasteiger partial charge is 0.352 e. The molecular weight excluding hydrogens is 436 g/mol. The fourth-order valence-corrected chi connectivity index (χ4v) is 6.17. The van der Waals surface area contributed by atoms with E-state index in [0.29, 0.717) is 11.3 Å². The zero-order valence-corrected chi connectivity index (χ0v) is 18.2. The molecule has 3 atom stereocenters. The smallest absolute Gasteiger partial charge is 0.180 e. The van der Waals surface area contributed by atoms with Gasteiger partial charge in [0.2, 0.25) is 0 Å². The Labute approximate surface area is 194 Å². The number of ketones is 3. The number of hydrogen-bond acceptors (Lipinski definition) is 4. The highest BCUT2D eigenvalue weighted by Crippen LogP contribution is 2.60. The maximum absolute atomic E-state index is 15.3. The Balaban J connectivity index is 1.70. The summed E-state index contributed by atoms with van der Waals surface area (Å²) < 4.78 is 29.3. The van der Waals surface area contributed by atoms with Crippen molar-refractivity contribution < 1.29 is 23.2 Å². The zero-order valence-electron chi connectivity index (χ0n) is 18.2. The normalized spacial score (nSPS) is 23.7. The molecule has 0 saturated carbocycles. The average Bonchev–Trinajstić information content (AvgIpc) is 3.26. The summed E-state index contributed by atoms with van der Waals surface area (Å²) in [6.45, 7) is 1.38. The molecule has 0 bridgehead atoms. The van der Waals surface area contributed by atoms with E-state index < -0.39 is 46.6 Å². The third-order valence-electron chi connectivity index (χ3n) is 7.42. The fraction of sp³-hybridized carbons (Fsp3) is 0.179. The van der Waals surface area contributed by atoms with Gasteiger partial charge in [-0.15, -0.1) is 0 Å². The highest BCUT2D eigenvalue weighted by atomic mass is 19.1. The molecule has 0 amide bonds. The summed E-state index contributed by atoms with van der Waals surface area (Å²) in [7, 11) is 0. The van der Waals surface area contributed by atoms with Gasteiger partial charge in [0.15, 0.2) is 17.3 Å². The van der Waals surface area contributed by atoms with Gasteiger partial charge in [0.25, 0.3) is 0 Å². The molecule has 34 heavy (non-hydrogen) atoms. The van der Waals surface area contributed by atoms with E-state index in [4.69, 9.17) is 0 Å². The van der Waals surface area contributed by atoms with Crippen molar-refractivity contribution in [2.45, 2.75) is 24.9 Å². The van der Waals surface area contributed by atoms with E-state index in [1.165, 1.54) is 37.3 Å². The lowest BCUT2D eigenvalue weighted by molar-refractivity contribution is -0.118. The Kier molecular flexibility index (Phi) is 4.27. The predicted molar refractivity (Wildman–Crippen MR) is 123 cm³/mol. The molecule has 0 N–H and O–H groups in total. The molecule has 1 aliphatic carbocycles. The summed E-state index contributed by atoms with van der Waals surface area (Å²) in [6.07, 6.45) is 3.35. The average molecular weight is 455 g/mol. The number of carbonyl (C=O) groups excluding carboxylic acids is 3. The van der Waals surface area contributed by atoms with E-state index in [1.807, 2.05) is 0 Å². The van der Waals surface area contributed by atoms with Crippen molar-refractivity contribution in [2.24, 2.45) is 5.41 Å². The molecule has 6 rings (SSSR count). The first-order valence-corrected chi connectivity index (χ1v) is 11.1. The maximum atomic E-state index is 15.3. The Hall–Kier alpha value is -3.93. The number of rotatable bonds is 2. The number of anilines is 1. The Morgan fingerprint density at radius 3 is 2.21 bits per heavy atom.